The Labute approximate surface area is 75.8 Å². The van der Waals surface area contributed by atoms with Crippen LogP contribution in [0.25, 0.3) is 0 Å². The molecule has 1 aliphatic carbocycles. The molecule has 0 N–H and O–H groups in total. The summed E-state index contributed by atoms with van der Waals surface area (Å²) in [7, 11) is 0. The molecule has 2 atom stereocenters. The van der Waals surface area contributed by atoms with Gasteiger partial charge in [0.15, 0.2) is 0 Å². The zero-order valence-electron chi connectivity index (χ0n) is 6.59. The van der Waals surface area contributed by atoms with Crippen LogP contribution in [0.2, 0.25) is 0 Å². The lowest BCUT2D eigenvalue weighted by molar-refractivity contribution is -0.660. The highest BCUT2D eigenvalue weighted by molar-refractivity contribution is 5.24. The number of nitrogens with zero attached hydrogens (tertiary/aromatic N) is 2. The summed E-state index contributed by atoms with van der Waals surface area (Å²) in [6.07, 6.45) is 1.12. The van der Waals surface area contributed by atoms with Crippen molar-refractivity contribution in [2.75, 3.05) is 0 Å². The molecule has 1 rings (SSSR count). The Bertz CT molecular complexity index is 354. The quantitative estimate of drug-likeness (QED) is 0.383. The fourth-order valence-electron chi connectivity index (χ4n) is 1.02. The van der Waals surface area contributed by atoms with Crippen molar-refractivity contribution >= 4 is 0 Å². The Morgan fingerprint density at radius 2 is 2.00 bits per heavy atom. The molecule has 76 valence electrons. The minimum atomic E-state index is -3.51. The first-order chi connectivity index (χ1) is 6.38. The van der Waals surface area contributed by atoms with Gasteiger partial charge in [0.1, 0.15) is 5.83 Å². The Balaban J connectivity index is 3.17. The van der Waals surface area contributed by atoms with Gasteiger partial charge in [0.05, 0.1) is 11.0 Å². The minimum Gasteiger partial charge on any atom is -0.263 e. The van der Waals surface area contributed by atoms with E-state index in [1.54, 1.807) is 0 Å². The van der Waals surface area contributed by atoms with Crippen molar-refractivity contribution in [3.63, 3.8) is 0 Å². The van der Waals surface area contributed by atoms with E-state index in [0.29, 0.717) is 12.2 Å². The average Bonchev–Trinajstić information content (AvgIpc) is 2.02. The topological polar surface area (TPSA) is 86.3 Å². The maximum atomic E-state index is 13.4. The molecule has 14 heavy (non-hydrogen) atoms. The van der Waals surface area contributed by atoms with E-state index >= 15 is 0 Å². The Morgan fingerprint density at radius 3 is 2.43 bits per heavy atom. The van der Waals surface area contributed by atoms with E-state index in [4.69, 9.17) is 0 Å². The zero-order chi connectivity index (χ0) is 10.9. The maximum Gasteiger partial charge on any atom is 0.450 e. The first-order valence-electron chi connectivity index (χ1n) is 3.41. The third-order valence-electron chi connectivity index (χ3n) is 1.70. The summed E-state index contributed by atoms with van der Waals surface area (Å²) in [5.74, 6) is -4.72. The second kappa shape index (κ2) is 3.13. The molecule has 6 nitrogen and oxygen atoms in total. The van der Waals surface area contributed by atoms with Gasteiger partial charge < -0.3 is 0 Å². The van der Waals surface area contributed by atoms with Crippen LogP contribution >= 0.6 is 0 Å². The van der Waals surface area contributed by atoms with Crippen molar-refractivity contribution in [1.29, 1.82) is 0 Å². The molecular weight excluding hydrogens is 202 g/mol. The molecular formula is C6H4F2N2O4. The van der Waals surface area contributed by atoms with Gasteiger partial charge in [0, 0.05) is 11.0 Å². The minimum absolute atomic E-state index is 0.0134. The smallest absolute Gasteiger partial charge is 0.263 e. The van der Waals surface area contributed by atoms with Crippen molar-refractivity contribution in [2.24, 2.45) is 0 Å². The van der Waals surface area contributed by atoms with Crippen molar-refractivity contribution in [3.05, 3.63) is 44.3 Å². The van der Waals surface area contributed by atoms with Crippen LogP contribution in [0.5, 0.6) is 0 Å². The average molecular weight is 206 g/mol. The van der Waals surface area contributed by atoms with Crippen LogP contribution in [0.1, 0.15) is 0 Å². The molecule has 1 aliphatic rings. The molecule has 0 radical (unpaired) electrons. The summed E-state index contributed by atoms with van der Waals surface area (Å²) in [4.78, 5) is 17.8. The Kier molecular flexibility index (Phi) is 2.28. The largest absolute Gasteiger partial charge is 0.450 e. The molecule has 2 unspecified atom stereocenters. The number of allylic oxidation sites excluding steroid dienone is 2. The number of nitro groups is 2. The van der Waals surface area contributed by atoms with Gasteiger partial charge in [-0.2, -0.15) is 4.39 Å². The molecule has 0 amide bonds. The predicted octanol–water partition coefficient (Wildman–Crippen LogP) is 0.997. The van der Waals surface area contributed by atoms with Crippen LogP contribution in [0.4, 0.5) is 8.78 Å². The van der Waals surface area contributed by atoms with Gasteiger partial charge in [-0.15, -0.1) is 0 Å². The van der Waals surface area contributed by atoms with Crippen LogP contribution < -0.4 is 0 Å². The van der Waals surface area contributed by atoms with Gasteiger partial charge in [0.25, 0.3) is 0 Å². The van der Waals surface area contributed by atoms with Gasteiger partial charge in [-0.3, -0.25) is 20.2 Å². The van der Waals surface area contributed by atoms with Crippen molar-refractivity contribution in [1.82, 2.24) is 0 Å². The molecule has 0 bridgehead atoms. The fraction of sp³-hybridized carbons (Fsp3) is 0.333. The summed E-state index contributed by atoms with van der Waals surface area (Å²) in [5, 5.41) is 20.5. The second-order valence-corrected chi connectivity index (χ2v) is 2.60. The molecule has 0 heterocycles. The molecule has 0 fully saturated rings. The van der Waals surface area contributed by atoms with Crippen LogP contribution in [0.15, 0.2) is 24.1 Å². The normalized spacial score (nSPS) is 31.0. The van der Waals surface area contributed by atoms with E-state index in [1.807, 2.05) is 0 Å². The molecule has 0 spiro atoms. The zero-order valence-corrected chi connectivity index (χ0v) is 6.59. The maximum absolute atomic E-state index is 13.4. The van der Waals surface area contributed by atoms with Crippen LogP contribution in [-0.4, -0.2) is 21.7 Å². The lowest BCUT2D eigenvalue weighted by Gasteiger charge is -2.16. The van der Waals surface area contributed by atoms with Crippen molar-refractivity contribution in [2.45, 2.75) is 11.8 Å². The van der Waals surface area contributed by atoms with E-state index < -0.39 is 27.5 Å². The van der Waals surface area contributed by atoms with Crippen molar-refractivity contribution < 1.29 is 18.6 Å². The monoisotopic (exact) mass is 206 g/mol. The number of hydrogen-bond donors (Lipinski definition) is 0. The molecule has 0 saturated carbocycles. The first-order valence-corrected chi connectivity index (χ1v) is 3.41. The van der Waals surface area contributed by atoms with E-state index in [1.165, 1.54) is 0 Å². The number of rotatable bonds is 2. The number of hydrogen-bond acceptors (Lipinski definition) is 4. The van der Waals surface area contributed by atoms with Crippen LogP contribution in [0.3, 0.4) is 0 Å². The molecule has 0 aromatic rings. The molecule has 0 aromatic heterocycles. The molecule has 8 heteroatoms. The predicted molar refractivity (Wildman–Crippen MR) is 39.9 cm³/mol. The Hall–Kier alpha value is -1.86. The SMILES string of the molecule is O=[N+]([O-])C1C=CC(F)=CC1(F)[N+](=O)[O-]. The summed E-state index contributed by atoms with van der Waals surface area (Å²) in [6.45, 7) is 0. The lowest BCUT2D eigenvalue weighted by Crippen LogP contribution is -2.48. The molecule has 0 aromatic carbocycles. The first kappa shape index (κ1) is 10.2. The van der Waals surface area contributed by atoms with Crippen molar-refractivity contribution in [3.8, 4) is 0 Å². The van der Waals surface area contributed by atoms with Gasteiger partial charge in [-0.05, 0) is 6.08 Å². The summed E-state index contributed by atoms with van der Waals surface area (Å²) < 4.78 is 25.8. The van der Waals surface area contributed by atoms with E-state index in [2.05, 4.69) is 0 Å². The lowest BCUT2D eigenvalue weighted by atomic mass is 10.0. The third-order valence-corrected chi connectivity index (χ3v) is 1.70. The Morgan fingerprint density at radius 1 is 1.43 bits per heavy atom. The second-order valence-electron chi connectivity index (χ2n) is 2.60. The van der Waals surface area contributed by atoms with Gasteiger partial charge >= 0.3 is 11.8 Å². The van der Waals surface area contributed by atoms with Gasteiger partial charge in [0.2, 0.25) is 0 Å². The fourth-order valence-corrected chi connectivity index (χ4v) is 1.02. The van der Waals surface area contributed by atoms with Crippen LogP contribution in [-0.2, 0) is 0 Å². The highest BCUT2D eigenvalue weighted by Gasteiger charge is 2.58. The van der Waals surface area contributed by atoms with Crippen LogP contribution in [0, 0.1) is 20.2 Å². The highest BCUT2D eigenvalue weighted by atomic mass is 19.2. The molecule has 0 saturated heterocycles. The number of alkyl halides is 1. The van der Waals surface area contributed by atoms with E-state index in [0.717, 1.165) is 0 Å². The number of halogens is 2. The molecule has 0 aliphatic heterocycles. The highest BCUT2D eigenvalue weighted by Crippen LogP contribution is 2.28. The van der Waals surface area contributed by atoms with E-state index in [9.17, 15) is 29.0 Å². The summed E-state index contributed by atoms with van der Waals surface area (Å²) in [5.41, 5.74) is 0. The van der Waals surface area contributed by atoms with E-state index in [-0.39, 0.29) is 6.08 Å². The van der Waals surface area contributed by atoms with Gasteiger partial charge in [-0.1, -0.05) is 0 Å². The summed E-state index contributed by atoms with van der Waals surface area (Å²) in [6, 6.07) is -2.20. The van der Waals surface area contributed by atoms with Gasteiger partial charge in [-0.25, -0.2) is 4.39 Å². The summed E-state index contributed by atoms with van der Waals surface area (Å²) >= 11 is 0. The third kappa shape index (κ3) is 1.45. The standard InChI is InChI=1S/C6H4F2N2O4/c7-4-1-2-5(9(11)12)6(8,3-4)10(13)14/h1-3,5H.